The number of hydrogen-bond acceptors (Lipinski definition) is 2. The fourth-order valence-corrected chi connectivity index (χ4v) is 2.01. The highest BCUT2D eigenvalue weighted by atomic mass is 35.5. The summed E-state index contributed by atoms with van der Waals surface area (Å²) in [5, 5.41) is 0. The van der Waals surface area contributed by atoms with Gasteiger partial charge in [-0.05, 0) is 26.2 Å². The molecule has 2 aromatic rings. The van der Waals surface area contributed by atoms with Gasteiger partial charge >= 0.3 is 0 Å². The standard InChI is InChI=1S/C12H15ClFN3/c1-16(2)5-6-17-11-4-3-9(14)7-10(11)15-12(17)8-13/h3-4,7H,5-6,8H2,1-2H3. The highest BCUT2D eigenvalue weighted by Crippen LogP contribution is 2.18. The van der Waals surface area contributed by atoms with Crippen LogP contribution in [0.3, 0.4) is 0 Å². The normalized spacial score (nSPS) is 11.6. The lowest BCUT2D eigenvalue weighted by Crippen LogP contribution is -2.19. The molecule has 3 nitrogen and oxygen atoms in total. The van der Waals surface area contributed by atoms with Crippen LogP contribution in [-0.2, 0) is 12.4 Å². The highest BCUT2D eigenvalue weighted by molar-refractivity contribution is 6.16. The molecule has 0 amide bonds. The fraction of sp³-hybridized carbons (Fsp3) is 0.417. The van der Waals surface area contributed by atoms with Crippen LogP contribution in [-0.4, -0.2) is 35.1 Å². The van der Waals surface area contributed by atoms with Crippen LogP contribution < -0.4 is 0 Å². The molecule has 0 aliphatic heterocycles. The number of imidazole rings is 1. The van der Waals surface area contributed by atoms with Gasteiger partial charge in [0.2, 0.25) is 0 Å². The summed E-state index contributed by atoms with van der Waals surface area (Å²) in [4.78, 5) is 6.43. The molecule has 0 radical (unpaired) electrons. The van der Waals surface area contributed by atoms with Crippen molar-refractivity contribution in [2.45, 2.75) is 12.4 Å². The number of rotatable bonds is 4. The fourth-order valence-electron chi connectivity index (χ4n) is 1.80. The summed E-state index contributed by atoms with van der Waals surface area (Å²) in [5.74, 6) is 0.856. The van der Waals surface area contributed by atoms with Gasteiger partial charge in [-0.1, -0.05) is 0 Å². The summed E-state index contributed by atoms with van der Waals surface area (Å²) in [6, 6.07) is 4.65. The molecular weight excluding hydrogens is 241 g/mol. The van der Waals surface area contributed by atoms with Crippen LogP contribution >= 0.6 is 11.6 Å². The van der Waals surface area contributed by atoms with Crippen LogP contribution in [0.25, 0.3) is 11.0 Å². The maximum atomic E-state index is 13.1. The Balaban J connectivity index is 2.43. The van der Waals surface area contributed by atoms with Gasteiger partial charge in [-0.25, -0.2) is 9.37 Å². The Morgan fingerprint density at radius 1 is 1.41 bits per heavy atom. The molecule has 0 atom stereocenters. The smallest absolute Gasteiger partial charge is 0.125 e. The van der Waals surface area contributed by atoms with Gasteiger partial charge in [0, 0.05) is 19.2 Å². The van der Waals surface area contributed by atoms with Gasteiger partial charge < -0.3 is 9.47 Å². The van der Waals surface area contributed by atoms with Crippen LogP contribution in [0, 0.1) is 5.82 Å². The Morgan fingerprint density at radius 3 is 2.82 bits per heavy atom. The van der Waals surface area contributed by atoms with E-state index in [2.05, 4.69) is 9.88 Å². The number of alkyl halides is 1. The zero-order chi connectivity index (χ0) is 12.4. The first-order chi connectivity index (χ1) is 8.11. The second-order valence-electron chi connectivity index (χ2n) is 4.25. The zero-order valence-corrected chi connectivity index (χ0v) is 10.7. The first-order valence-corrected chi connectivity index (χ1v) is 6.00. The SMILES string of the molecule is CN(C)CCn1c(CCl)nc2cc(F)ccc21. The monoisotopic (exact) mass is 255 g/mol. The molecule has 92 valence electrons. The molecule has 1 aromatic heterocycles. The first kappa shape index (κ1) is 12.3. The van der Waals surface area contributed by atoms with E-state index in [9.17, 15) is 4.39 Å². The van der Waals surface area contributed by atoms with Gasteiger partial charge in [0.15, 0.2) is 0 Å². The van der Waals surface area contributed by atoms with Gasteiger partial charge in [0.05, 0.1) is 16.9 Å². The maximum absolute atomic E-state index is 13.1. The van der Waals surface area contributed by atoms with Crippen molar-refractivity contribution in [1.82, 2.24) is 14.5 Å². The average molecular weight is 256 g/mol. The Labute approximate surface area is 105 Å². The zero-order valence-electron chi connectivity index (χ0n) is 9.95. The molecule has 0 saturated carbocycles. The molecule has 0 fully saturated rings. The summed E-state index contributed by atoms with van der Waals surface area (Å²) in [6.45, 7) is 1.70. The number of benzene rings is 1. The van der Waals surface area contributed by atoms with Crippen molar-refractivity contribution in [2.24, 2.45) is 0 Å². The Morgan fingerprint density at radius 2 is 2.18 bits per heavy atom. The number of aromatic nitrogens is 2. The summed E-state index contributed by atoms with van der Waals surface area (Å²) >= 11 is 5.87. The Bertz CT molecular complexity index is 522. The number of nitrogens with zero attached hydrogens (tertiary/aromatic N) is 3. The van der Waals surface area contributed by atoms with E-state index in [1.54, 1.807) is 6.07 Å². The molecule has 0 saturated heterocycles. The molecule has 0 spiro atoms. The molecule has 0 N–H and O–H groups in total. The predicted octanol–water partition coefficient (Wildman–Crippen LogP) is 2.48. The lowest BCUT2D eigenvalue weighted by Gasteiger charge is -2.12. The molecule has 1 aromatic carbocycles. The number of halogens is 2. The van der Waals surface area contributed by atoms with Crippen molar-refractivity contribution in [3.05, 3.63) is 29.8 Å². The van der Waals surface area contributed by atoms with E-state index < -0.39 is 0 Å². The van der Waals surface area contributed by atoms with Gasteiger partial charge in [0.25, 0.3) is 0 Å². The lowest BCUT2D eigenvalue weighted by molar-refractivity contribution is 0.384. The average Bonchev–Trinajstić information content (AvgIpc) is 2.63. The van der Waals surface area contributed by atoms with Crippen molar-refractivity contribution >= 4 is 22.6 Å². The van der Waals surface area contributed by atoms with Gasteiger partial charge in [-0.15, -0.1) is 11.6 Å². The van der Waals surface area contributed by atoms with Crippen LogP contribution in [0.4, 0.5) is 4.39 Å². The Kier molecular flexibility index (Phi) is 3.64. The summed E-state index contributed by atoms with van der Waals surface area (Å²) in [7, 11) is 4.03. The molecule has 1 heterocycles. The first-order valence-electron chi connectivity index (χ1n) is 5.47. The van der Waals surface area contributed by atoms with Crippen molar-refractivity contribution in [2.75, 3.05) is 20.6 Å². The third-order valence-corrected chi connectivity index (χ3v) is 2.92. The molecule has 0 unspecified atom stereocenters. The minimum absolute atomic E-state index is 0.268. The number of likely N-dealkylation sites (N-methyl/N-ethyl adjacent to an activating group) is 1. The molecule has 0 aliphatic carbocycles. The van der Waals surface area contributed by atoms with Crippen molar-refractivity contribution < 1.29 is 4.39 Å². The lowest BCUT2D eigenvalue weighted by atomic mass is 10.3. The van der Waals surface area contributed by atoms with Crippen molar-refractivity contribution in [1.29, 1.82) is 0 Å². The number of fused-ring (bicyclic) bond motifs is 1. The Hall–Kier alpha value is -1.13. The molecule has 2 rings (SSSR count). The summed E-state index contributed by atoms with van der Waals surface area (Å²) in [5.41, 5.74) is 1.60. The largest absolute Gasteiger partial charge is 0.326 e. The van der Waals surface area contributed by atoms with E-state index in [1.165, 1.54) is 12.1 Å². The van der Waals surface area contributed by atoms with Gasteiger partial charge in [0.1, 0.15) is 11.6 Å². The molecule has 0 bridgehead atoms. The van der Waals surface area contributed by atoms with Crippen molar-refractivity contribution in [3.8, 4) is 0 Å². The molecule has 5 heteroatoms. The van der Waals surface area contributed by atoms with Crippen LogP contribution in [0.1, 0.15) is 5.82 Å². The highest BCUT2D eigenvalue weighted by Gasteiger charge is 2.10. The second-order valence-corrected chi connectivity index (χ2v) is 4.52. The maximum Gasteiger partial charge on any atom is 0.125 e. The predicted molar refractivity (Wildman–Crippen MR) is 67.8 cm³/mol. The molecular formula is C12H15ClFN3. The van der Waals surface area contributed by atoms with Crippen LogP contribution in [0.5, 0.6) is 0 Å². The third-order valence-electron chi connectivity index (χ3n) is 2.68. The quantitative estimate of drug-likeness (QED) is 0.783. The van der Waals surface area contributed by atoms with Crippen LogP contribution in [0.2, 0.25) is 0 Å². The van der Waals surface area contributed by atoms with E-state index in [-0.39, 0.29) is 5.82 Å². The van der Waals surface area contributed by atoms with Gasteiger partial charge in [-0.3, -0.25) is 0 Å². The van der Waals surface area contributed by atoms with E-state index in [0.717, 1.165) is 24.4 Å². The van der Waals surface area contributed by atoms with Gasteiger partial charge in [-0.2, -0.15) is 0 Å². The summed E-state index contributed by atoms with van der Waals surface area (Å²) < 4.78 is 15.1. The van der Waals surface area contributed by atoms with E-state index in [1.807, 2.05) is 18.7 Å². The van der Waals surface area contributed by atoms with Crippen molar-refractivity contribution in [3.63, 3.8) is 0 Å². The summed E-state index contributed by atoms with van der Waals surface area (Å²) in [6.07, 6.45) is 0. The van der Waals surface area contributed by atoms with E-state index >= 15 is 0 Å². The molecule has 17 heavy (non-hydrogen) atoms. The third kappa shape index (κ3) is 2.58. The van der Waals surface area contributed by atoms with Crippen LogP contribution in [0.15, 0.2) is 18.2 Å². The van der Waals surface area contributed by atoms with E-state index in [4.69, 9.17) is 11.6 Å². The van der Waals surface area contributed by atoms with E-state index in [0.29, 0.717) is 11.4 Å². The second kappa shape index (κ2) is 5.02. The minimum Gasteiger partial charge on any atom is -0.326 e. The molecule has 0 aliphatic rings. The topological polar surface area (TPSA) is 21.1 Å². The number of hydrogen-bond donors (Lipinski definition) is 0. The minimum atomic E-state index is -0.268.